The summed E-state index contributed by atoms with van der Waals surface area (Å²) in [5.41, 5.74) is -0.910. The first kappa shape index (κ1) is 9.87. The average Bonchev–Trinajstić information content (AvgIpc) is 2.71. The summed E-state index contributed by atoms with van der Waals surface area (Å²) >= 11 is 5.65. The Morgan fingerprint density at radius 2 is 1.79 bits per heavy atom. The van der Waals surface area contributed by atoms with Gasteiger partial charge in [-0.1, -0.05) is 23.7 Å². The Kier molecular flexibility index (Phi) is 2.05. The maximum Gasteiger partial charge on any atom is 0.261 e. The molecule has 1 aromatic rings. The van der Waals surface area contributed by atoms with Gasteiger partial charge in [-0.25, -0.2) is 8.78 Å². The normalized spacial score (nSPS) is 28.9. The van der Waals surface area contributed by atoms with Gasteiger partial charge < -0.3 is 5.11 Å². The van der Waals surface area contributed by atoms with Crippen molar-refractivity contribution in [3.63, 3.8) is 0 Å². The molecule has 0 aliphatic heterocycles. The SMILES string of the molecule is OCC1(c2ccc(Cl)cc2)CC1(F)F. The molecule has 1 N–H and O–H groups in total. The molecular weight excluding hydrogens is 210 g/mol. The summed E-state index contributed by atoms with van der Waals surface area (Å²) in [7, 11) is 0. The lowest BCUT2D eigenvalue weighted by Crippen LogP contribution is -2.20. The Balaban J connectivity index is 2.36. The van der Waals surface area contributed by atoms with Crippen LogP contribution in [0.3, 0.4) is 0 Å². The van der Waals surface area contributed by atoms with Crippen molar-refractivity contribution in [3.8, 4) is 0 Å². The Bertz CT molecular complexity index is 350. The van der Waals surface area contributed by atoms with Gasteiger partial charge in [0.1, 0.15) is 0 Å². The lowest BCUT2D eigenvalue weighted by molar-refractivity contribution is 0.0673. The molecule has 2 rings (SSSR count). The third kappa shape index (κ3) is 1.23. The Morgan fingerprint density at radius 1 is 1.29 bits per heavy atom. The number of alkyl halides is 2. The van der Waals surface area contributed by atoms with E-state index in [0.717, 1.165) is 0 Å². The van der Waals surface area contributed by atoms with Crippen LogP contribution in [0.15, 0.2) is 24.3 Å². The predicted octanol–water partition coefficient (Wildman–Crippen LogP) is 2.61. The molecule has 0 heterocycles. The largest absolute Gasteiger partial charge is 0.395 e. The monoisotopic (exact) mass is 218 g/mol. The summed E-state index contributed by atoms with van der Waals surface area (Å²) in [5, 5.41) is 9.51. The van der Waals surface area contributed by atoms with E-state index in [4.69, 9.17) is 16.7 Å². The molecule has 1 unspecified atom stereocenters. The van der Waals surface area contributed by atoms with E-state index in [1.807, 2.05) is 0 Å². The van der Waals surface area contributed by atoms with Crippen LogP contribution in [-0.4, -0.2) is 17.6 Å². The summed E-state index contributed by atoms with van der Waals surface area (Å²) in [6.07, 6.45) is -0.280. The van der Waals surface area contributed by atoms with Crippen LogP contribution in [0.1, 0.15) is 12.0 Å². The molecule has 1 aromatic carbocycles. The Hall–Kier alpha value is -0.670. The fraction of sp³-hybridized carbons (Fsp3) is 0.400. The molecule has 76 valence electrons. The summed E-state index contributed by atoms with van der Waals surface area (Å²) in [5.74, 6) is -2.78. The zero-order chi connectivity index (χ0) is 10.4. The van der Waals surface area contributed by atoms with Crippen LogP contribution in [0.5, 0.6) is 0 Å². The number of hydrogen-bond donors (Lipinski definition) is 1. The quantitative estimate of drug-likeness (QED) is 0.809. The first-order chi connectivity index (χ1) is 6.52. The Morgan fingerprint density at radius 3 is 2.14 bits per heavy atom. The molecule has 4 heteroatoms. The predicted molar refractivity (Wildman–Crippen MR) is 49.8 cm³/mol. The van der Waals surface area contributed by atoms with Gasteiger partial charge in [0.05, 0.1) is 12.0 Å². The number of benzene rings is 1. The van der Waals surface area contributed by atoms with Gasteiger partial charge in [0.25, 0.3) is 5.92 Å². The molecule has 1 atom stereocenters. The molecule has 14 heavy (non-hydrogen) atoms. The number of aliphatic hydroxyl groups excluding tert-OH is 1. The van der Waals surface area contributed by atoms with Gasteiger partial charge in [-0.3, -0.25) is 0 Å². The number of rotatable bonds is 2. The van der Waals surface area contributed by atoms with Crippen molar-refractivity contribution in [2.45, 2.75) is 17.8 Å². The van der Waals surface area contributed by atoms with Crippen molar-refractivity contribution >= 4 is 11.6 Å². The topological polar surface area (TPSA) is 20.2 Å². The van der Waals surface area contributed by atoms with Crippen LogP contribution < -0.4 is 0 Å². The number of halogens is 3. The van der Waals surface area contributed by atoms with E-state index in [9.17, 15) is 8.78 Å². The Labute approximate surface area is 85.3 Å². The van der Waals surface area contributed by atoms with Crippen LogP contribution in [0.2, 0.25) is 5.02 Å². The first-order valence-electron chi connectivity index (χ1n) is 4.27. The molecule has 1 aliphatic rings. The van der Waals surface area contributed by atoms with Crippen molar-refractivity contribution in [1.82, 2.24) is 0 Å². The fourth-order valence-electron chi connectivity index (χ4n) is 1.68. The van der Waals surface area contributed by atoms with Crippen LogP contribution in [0.4, 0.5) is 8.78 Å². The van der Waals surface area contributed by atoms with Crippen LogP contribution in [0, 0.1) is 0 Å². The van der Waals surface area contributed by atoms with E-state index in [-0.39, 0.29) is 6.42 Å². The smallest absolute Gasteiger partial charge is 0.261 e. The van der Waals surface area contributed by atoms with Gasteiger partial charge in [-0.15, -0.1) is 0 Å². The van der Waals surface area contributed by atoms with Crippen LogP contribution in [0.25, 0.3) is 0 Å². The molecular formula is C10H9ClF2O. The highest BCUT2D eigenvalue weighted by molar-refractivity contribution is 6.30. The summed E-state index contributed by atoms with van der Waals surface area (Å²) in [4.78, 5) is 0. The van der Waals surface area contributed by atoms with Crippen molar-refractivity contribution in [1.29, 1.82) is 0 Å². The molecule has 1 fully saturated rings. The lowest BCUT2D eigenvalue weighted by Gasteiger charge is -2.13. The van der Waals surface area contributed by atoms with E-state index in [0.29, 0.717) is 10.6 Å². The fourth-order valence-corrected chi connectivity index (χ4v) is 1.81. The highest BCUT2D eigenvalue weighted by atomic mass is 35.5. The molecule has 0 saturated heterocycles. The van der Waals surface area contributed by atoms with E-state index >= 15 is 0 Å². The zero-order valence-electron chi connectivity index (χ0n) is 7.30. The van der Waals surface area contributed by atoms with Crippen molar-refractivity contribution < 1.29 is 13.9 Å². The number of aliphatic hydroxyl groups is 1. The molecule has 0 amide bonds. The van der Waals surface area contributed by atoms with E-state index in [2.05, 4.69) is 0 Å². The van der Waals surface area contributed by atoms with Crippen molar-refractivity contribution in [2.24, 2.45) is 0 Å². The highest BCUT2D eigenvalue weighted by Gasteiger charge is 2.71. The molecule has 0 spiro atoms. The van der Waals surface area contributed by atoms with Gasteiger partial charge in [0, 0.05) is 11.4 Å². The molecule has 1 nitrogen and oxygen atoms in total. The molecule has 1 aliphatic carbocycles. The highest BCUT2D eigenvalue weighted by Crippen LogP contribution is 2.61. The molecule has 1 saturated carbocycles. The maximum atomic E-state index is 13.0. The van der Waals surface area contributed by atoms with E-state index in [1.54, 1.807) is 24.3 Å². The second-order valence-corrected chi connectivity index (χ2v) is 4.06. The zero-order valence-corrected chi connectivity index (χ0v) is 8.06. The van der Waals surface area contributed by atoms with Crippen molar-refractivity contribution in [3.05, 3.63) is 34.9 Å². The minimum absolute atomic E-state index is 0.280. The molecule has 0 radical (unpaired) electrons. The van der Waals surface area contributed by atoms with E-state index in [1.165, 1.54) is 0 Å². The first-order valence-corrected chi connectivity index (χ1v) is 4.64. The second-order valence-electron chi connectivity index (χ2n) is 3.63. The van der Waals surface area contributed by atoms with Gasteiger partial charge in [0.2, 0.25) is 0 Å². The molecule has 0 aromatic heterocycles. The summed E-state index contributed by atoms with van der Waals surface area (Å²) in [6, 6.07) is 6.20. The lowest BCUT2D eigenvalue weighted by atomic mass is 9.96. The molecule has 0 bridgehead atoms. The van der Waals surface area contributed by atoms with E-state index < -0.39 is 17.9 Å². The minimum Gasteiger partial charge on any atom is -0.395 e. The summed E-state index contributed by atoms with van der Waals surface area (Å²) < 4.78 is 26.1. The second kappa shape index (κ2) is 2.91. The standard InChI is InChI=1S/C10H9ClF2O/c11-8-3-1-7(2-4-8)9(6-14)5-10(9,12)13/h1-4,14H,5-6H2. The van der Waals surface area contributed by atoms with Crippen molar-refractivity contribution in [2.75, 3.05) is 6.61 Å². The third-order valence-electron chi connectivity index (χ3n) is 2.77. The van der Waals surface area contributed by atoms with Gasteiger partial charge >= 0.3 is 0 Å². The van der Waals surface area contributed by atoms with Crippen LogP contribution in [-0.2, 0) is 5.41 Å². The third-order valence-corrected chi connectivity index (χ3v) is 3.02. The average molecular weight is 219 g/mol. The van der Waals surface area contributed by atoms with Gasteiger partial charge in [-0.05, 0) is 17.7 Å². The minimum atomic E-state index is -2.78. The van der Waals surface area contributed by atoms with Gasteiger partial charge in [-0.2, -0.15) is 0 Å². The van der Waals surface area contributed by atoms with Crippen LogP contribution >= 0.6 is 11.6 Å². The maximum absolute atomic E-state index is 13.0. The number of hydrogen-bond acceptors (Lipinski definition) is 1. The van der Waals surface area contributed by atoms with Gasteiger partial charge in [0.15, 0.2) is 0 Å². The summed E-state index contributed by atoms with van der Waals surface area (Å²) in [6.45, 7) is -0.526.